The van der Waals surface area contributed by atoms with Crippen LogP contribution >= 0.6 is 0 Å². The second-order valence-corrected chi connectivity index (χ2v) is 5.46. The van der Waals surface area contributed by atoms with Crippen LogP contribution < -0.4 is 10.6 Å². The van der Waals surface area contributed by atoms with Gasteiger partial charge in [-0.1, -0.05) is 37.3 Å². The van der Waals surface area contributed by atoms with Crippen molar-refractivity contribution in [2.45, 2.75) is 51.1 Å². The Morgan fingerprint density at radius 3 is 2.63 bits per heavy atom. The molecule has 0 radical (unpaired) electrons. The molecule has 104 valence electrons. The highest BCUT2D eigenvalue weighted by Crippen LogP contribution is 2.36. The van der Waals surface area contributed by atoms with Gasteiger partial charge >= 0.3 is 0 Å². The predicted molar refractivity (Wildman–Crippen MR) is 78.1 cm³/mol. The van der Waals surface area contributed by atoms with Crippen molar-refractivity contribution in [3.63, 3.8) is 0 Å². The molecule has 1 amide bonds. The van der Waals surface area contributed by atoms with Crippen LogP contribution in [0.5, 0.6) is 0 Å². The third-order valence-corrected chi connectivity index (χ3v) is 3.84. The molecule has 2 N–H and O–H groups in total. The minimum absolute atomic E-state index is 0.0896. The number of hydrogen-bond acceptors (Lipinski definition) is 2. The third kappa shape index (κ3) is 3.80. The van der Waals surface area contributed by atoms with E-state index in [1.807, 2.05) is 6.92 Å². The Balaban J connectivity index is 1.71. The number of rotatable bonds is 6. The Morgan fingerprint density at radius 1 is 1.32 bits per heavy atom. The van der Waals surface area contributed by atoms with Crippen LogP contribution in [0.3, 0.4) is 0 Å². The summed E-state index contributed by atoms with van der Waals surface area (Å²) in [5.74, 6) is 0.773. The highest BCUT2D eigenvalue weighted by atomic mass is 16.2. The quantitative estimate of drug-likeness (QED) is 0.825. The van der Waals surface area contributed by atoms with Gasteiger partial charge in [-0.25, -0.2) is 0 Å². The fourth-order valence-electron chi connectivity index (χ4n) is 2.58. The molecule has 1 unspecified atom stereocenters. The third-order valence-electron chi connectivity index (χ3n) is 3.84. The van der Waals surface area contributed by atoms with E-state index in [0.29, 0.717) is 12.0 Å². The smallest absolute Gasteiger partial charge is 0.236 e. The van der Waals surface area contributed by atoms with Gasteiger partial charge in [-0.3, -0.25) is 4.79 Å². The maximum absolute atomic E-state index is 11.8. The van der Waals surface area contributed by atoms with Crippen LogP contribution in [-0.4, -0.2) is 24.5 Å². The largest absolute Gasteiger partial charge is 0.355 e. The van der Waals surface area contributed by atoms with Gasteiger partial charge in [-0.2, -0.15) is 0 Å². The number of benzene rings is 1. The molecule has 1 saturated carbocycles. The van der Waals surface area contributed by atoms with E-state index in [-0.39, 0.29) is 11.9 Å². The number of carbonyl (C=O) groups excluding carboxylic acids is 1. The van der Waals surface area contributed by atoms with Crippen molar-refractivity contribution in [2.24, 2.45) is 0 Å². The van der Waals surface area contributed by atoms with Crippen molar-refractivity contribution in [1.29, 1.82) is 0 Å². The van der Waals surface area contributed by atoms with Gasteiger partial charge in [-0.15, -0.1) is 0 Å². The minimum Gasteiger partial charge on any atom is -0.355 e. The Kier molecular flexibility index (Phi) is 4.97. The van der Waals surface area contributed by atoms with E-state index >= 15 is 0 Å². The summed E-state index contributed by atoms with van der Waals surface area (Å²) in [6.07, 6.45) is 3.25. The lowest BCUT2D eigenvalue weighted by Crippen LogP contribution is -2.50. The Bertz CT molecular complexity index is 398. The number of amides is 1. The van der Waals surface area contributed by atoms with Gasteiger partial charge in [0.1, 0.15) is 0 Å². The number of carbonyl (C=O) groups is 1. The zero-order valence-electron chi connectivity index (χ0n) is 11.9. The molecule has 1 atom stereocenters. The van der Waals surface area contributed by atoms with Crippen LogP contribution in [0, 0.1) is 0 Å². The van der Waals surface area contributed by atoms with E-state index in [9.17, 15) is 4.79 Å². The van der Waals surface area contributed by atoms with E-state index in [1.165, 1.54) is 5.56 Å². The summed E-state index contributed by atoms with van der Waals surface area (Å²) in [6.45, 7) is 4.78. The Morgan fingerprint density at radius 2 is 2.00 bits per heavy atom. The standard InChI is InChI=1S/C16H24N2O/c1-3-9-17-16(19)12(2)18-15-10-14(11-15)13-7-5-4-6-8-13/h4-8,12,14-15,18H,3,9-11H2,1-2H3,(H,17,19). The molecule has 1 aromatic rings. The van der Waals surface area contributed by atoms with Gasteiger partial charge in [0.05, 0.1) is 6.04 Å². The maximum Gasteiger partial charge on any atom is 0.236 e. The van der Waals surface area contributed by atoms with Gasteiger partial charge in [0.15, 0.2) is 0 Å². The van der Waals surface area contributed by atoms with Gasteiger partial charge in [0, 0.05) is 12.6 Å². The lowest BCUT2D eigenvalue weighted by Gasteiger charge is -2.37. The summed E-state index contributed by atoms with van der Waals surface area (Å²) < 4.78 is 0. The molecule has 1 aliphatic carbocycles. The van der Waals surface area contributed by atoms with E-state index in [4.69, 9.17) is 0 Å². The van der Waals surface area contributed by atoms with Crippen LogP contribution in [0.2, 0.25) is 0 Å². The first-order valence-electron chi connectivity index (χ1n) is 7.29. The lowest BCUT2D eigenvalue weighted by atomic mass is 9.75. The second kappa shape index (κ2) is 6.71. The fourth-order valence-corrected chi connectivity index (χ4v) is 2.58. The van der Waals surface area contributed by atoms with Crippen molar-refractivity contribution in [3.8, 4) is 0 Å². The van der Waals surface area contributed by atoms with E-state index < -0.39 is 0 Å². The summed E-state index contributed by atoms with van der Waals surface area (Å²) in [6, 6.07) is 11.0. The van der Waals surface area contributed by atoms with Crippen LogP contribution in [0.4, 0.5) is 0 Å². The zero-order valence-corrected chi connectivity index (χ0v) is 11.9. The van der Waals surface area contributed by atoms with Crippen molar-refractivity contribution in [3.05, 3.63) is 35.9 Å². The molecule has 1 aromatic carbocycles. The molecule has 0 bridgehead atoms. The molecular formula is C16H24N2O. The number of nitrogens with one attached hydrogen (secondary N) is 2. The highest BCUT2D eigenvalue weighted by molar-refractivity contribution is 5.81. The van der Waals surface area contributed by atoms with Gasteiger partial charge in [0.25, 0.3) is 0 Å². The van der Waals surface area contributed by atoms with Gasteiger partial charge in [0.2, 0.25) is 5.91 Å². The highest BCUT2D eigenvalue weighted by Gasteiger charge is 2.31. The van der Waals surface area contributed by atoms with Crippen LogP contribution in [0.1, 0.15) is 44.6 Å². The first-order chi connectivity index (χ1) is 9.20. The van der Waals surface area contributed by atoms with Crippen LogP contribution in [0.15, 0.2) is 30.3 Å². The Hall–Kier alpha value is -1.35. The van der Waals surface area contributed by atoms with Crippen molar-refractivity contribution in [1.82, 2.24) is 10.6 Å². The summed E-state index contributed by atoms with van der Waals surface area (Å²) in [5.41, 5.74) is 1.42. The fraction of sp³-hybridized carbons (Fsp3) is 0.562. The van der Waals surface area contributed by atoms with E-state index in [0.717, 1.165) is 25.8 Å². The molecule has 2 rings (SSSR count). The predicted octanol–water partition coefficient (Wildman–Crippen LogP) is 2.44. The SMILES string of the molecule is CCCNC(=O)C(C)NC1CC(c2ccccc2)C1. The number of hydrogen-bond donors (Lipinski definition) is 2. The molecule has 0 spiro atoms. The molecule has 3 nitrogen and oxygen atoms in total. The monoisotopic (exact) mass is 260 g/mol. The molecule has 19 heavy (non-hydrogen) atoms. The average Bonchev–Trinajstić information content (AvgIpc) is 2.40. The second-order valence-electron chi connectivity index (χ2n) is 5.46. The van der Waals surface area contributed by atoms with Crippen LogP contribution in [-0.2, 0) is 4.79 Å². The molecule has 1 fully saturated rings. The van der Waals surface area contributed by atoms with Crippen LogP contribution in [0.25, 0.3) is 0 Å². The van der Waals surface area contributed by atoms with Crippen molar-refractivity contribution < 1.29 is 4.79 Å². The molecule has 0 aromatic heterocycles. The molecule has 0 saturated heterocycles. The molecule has 0 heterocycles. The first kappa shape index (κ1) is 14.1. The van der Waals surface area contributed by atoms with Crippen molar-refractivity contribution in [2.75, 3.05) is 6.54 Å². The topological polar surface area (TPSA) is 41.1 Å². The molecule has 1 aliphatic rings. The summed E-state index contributed by atoms with van der Waals surface area (Å²) >= 11 is 0. The Labute approximate surface area is 115 Å². The molecular weight excluding hydrogens is 236 g/mol. The minimum atomic E-state index is -0.0896. The summed E-state index contributed by atoms with van der Waals surface area (Å²) in [4.78, 5) is 11.8. The maximum atomic E-state index is 11.8. The summed E-state index contributed by atoms with van der Waals surface area (Å²) in [5, 5.41) is 6.34. The van der Waals surface area contributed by atoms with Gasteiger partial charge < -0.3 is 10.6 Å². The lowest BCUT2D eigenvalue weighted by molar-refractivity contribution is -0.123. The average molecular weight is 260 g/mol. The van der Waals surface area contributed by atoms with E-state index in [1.54, 1.807) is 0 Å². The van der Waals surface area contributed by atoms with E-state index in [2.05, 4.69) is 47.9 Å². The zero-order chi connectivity index (χ0) is 13.7. The van der Waals surface area contributed by atoms with Crippen molar-refractivity contribution >= 4 is 5.91 Å². The summed E-state index contributed by atoms with van der Waals surface area (Å²) in [7, 11) is 0. The normalized spacial score (nSPS) is 23.5. The molecule has 0 aliphatic heterocycles. The molecule has 3 heteroatoms. The van der Waals surface area contributed by atoms with Gasteiger partial charge in [-0.05, 0) is 37.7 Å². The first-order valence-corrected chi connectivity index (χ1v) is 7.29.